The molecular weight excluding hydrogens is 444 g/mol. The van der Waals surface area contributed by atoms with Gasteiger partial charge in [-0.2, -0.15) is 0 Å². The maximum atomic E-state index is 11.5. The molecule has 0 spiro atoms. The first-order valence-corrected chi connectivity index (χ1v) is 12.0. The average Bonchev–Trinajstić information content (AvgIpc) is 3.03. The molecule has 1 heterocycles. The van der Waals surface area contributed by atoms with E-state index in [0.29, 0.717) is 33.0 Å². The highest BCUT2D eigenvalue weighted by atomic mass is 16.7. The molecule has 4 rings (SSSR count). The van der Waals surface area contributed by atoms with Crippen LogP contribution in [0.25, 0.3) is 0 Å². The fourth-order valence-electron chi connectivity index (χ4n) is 4.23. The van der Waals surface area contributed by atoms with E-state index in [1.165, 1.54) is 0 Å². The van der Waals surface area contributed by atoms with Crippen molar-refractivity contribution in [3.63, 3.8) is 0 Å². The topological polar surface area (TPSA) is 66.4 Å². The van der Waals surface area contributed by atoms with Gasteiger partial charge in [-0.05, 0) is 16.7 Å². The molecule has 5 atom stereocenters. The molecule has 0 radical (unpaired) electrons. The van der Waals surface area contributed by atoms with E-state index in [9.17, 15) is 5.11 Å². The molecule has 186 valence electrons. The average molecular weight is 479 g/mol. The molecule has 0 saturated carbocycles. The van der Waals surface area contributed by atoms with Crippen LogP contribution < -0.4 is 0 Å². The van der Waals surface area contributed by atoms with Crippen LogP contribution in [0.2, 0.25) is 0 Å². The number of methoxy groups -OCH3 is 1. The number of aliphatic hydroxyl groups is 1. The van der Waals surface area contributed by atoms with Gasteiger partial charge in [-0.1, -0.05) is 91.0 Å². The molecule has 1 fully saturated rings. The number of rotatable bonds is 11. The van der Waals surface area contributed by atoms with Crippen molar-refractivity contribution in [1.82, 2.24) is 0 Å². The van der Waals surface area contributed by atoms with E-state index < -0.39 is 24.6 Å². The van der Waals surface area contributed by atoms with Crippen LogP contribution in [0.4, 0.5) is 0 Å². The summed E-state index contributed by atoms with van der Waals surface area (Å²) in [7, 11) is 1.56. The molecule has 0 aromatic heterocycles. The van der Waals surface area contributed by atoms with Crippen LogP contribution in [0.15, 0.2) is 91.0 Å². The van der Waals surface area contributed by atoms with Crippen molar-refractivity contribution in [1.29, 1.82) is 0 Å². The molecule has 6 nitrogen and oxygen atoms in total. The summed E-state index contributed by atoms with van der Waals surface area (Å²) in [6, 6.07) is 29.7. The van der Waals surface area contributed by atoms with E-state index in [4.69, 9.17) is 23.7 Å². The molecule has 0 bridgehead atoms. The molecule has 1 saturated heterocycles. The van der Waals surface area contributed by atoms with Crippen molar-refractivity contribution in [3.8, 4) is 0 Å². The van der Waals surface area contributed by atoms with Gasteiger partial charge in [0.05, 0.1) is 39.1 Å². The Morgan fingerprint density at radius 2 is 1.20 bits per heavy atom. The second kappa shape index (κ2) is 13.5. The van der Waals surface area contributed by atoms with Crippen LogP contribution >= 0.6 is 0 Å². The van der Waals surface area contributed by atoms with Gasteiger partial charge in [0.1, 0.15) is 12.2 Å². The first-order valence-electron chi connectivity index (χ1n) is 12.0. The SMILES string of the molecule is CO[C@H]1OCC(COCc2ccccc2)[C@@H](OCc2ccccc2)C(O)C1OCc1ccccc1. The Kier molecular flexibility index (Phi) is 9.84. The van der Waals surface area contributed by atoms with E-state index in [2.05, 4.69) is 0 Å². The summed E-state index contributed by atoms with van der Waals surface area (Å²) < 4.78 is 30.1. The van der Waals surface area contributed by atoms with Gasteiger partial charge in [-0.3, -0.25) is 0 Å². The third-order valence-electron chi connectivity index (χ3n) is 6.13. The minimum Gasteiger partial charge on any atom is -0.387 e. The zero-order valence-electron chi connectivity index (χ0n) is 20.1. The zero-order valence-corrected chi connectivity index (χ0v) is 20.1. The fourth-order valence-corrected chi connectivity index (χ4v) is 4.23. The van der Waals surface area contributed by atoms with E-state index in [1.54, 1.807) is 7.11 Å². The molecule has 1 aliphatic heterocycles. The Bertz CT molecular complexity index is 968. The lowest BCUT2D eigenvalue weighted by molar-refractivity contribution is -0.218. The first kappa shape index (κ1) is 25.5. The molecule has 35 heavy (non-hydrogen) atoms. The summed E-state index contributed by atoms with van der Waals surface area (Å²) >= 11 is 0. The Labute approximate surface area is 207 Å². The summed E-state index contributed by atoms with van der Waals surface area (Å²) in [5.74, 6) is -0.208. The van der Waals surface area contributed by atoms with Gasteiger partial charge in [0, 0.05) is 13.0 Å². The van der Waals surface area contributed by atoms with Gasteiger partial charge in [0.15, 0.2) is 6.29 Å². The standard InChI is InChI=1S/C29H34O6/c1-31-29-28(34-19-24-15-9-4-10-16-24)26(30)27(33-18-23-13-7-3-8-14-23)25(21-35-29)20-32-17-22-11-5-2-6-12-22/h2-16,25-30H,17-21H2,1H3/t25?,26?,27-,28?,29+/m1/s1. The molecule has 6 heteroatoms. The van der Waals surface area contributed by atoms with Crippen molar-refractivity contribution in [3.05, 3.63) is 108 Å². The summed E-state index contributed by atoms with van der Waals surface area (Å²) in [6.07, 6.45) is -2.98. The quantitative estimate of drug-likeness (QED) is 0.442. The second-order valence-electron chi connectivity index (χ2n) is 8.71. The largest absolute Gasteiger partial charge is 0.387 e. The highest BCUT2D eigenvalue weighted by Gasteiger charge is 2.43. The monoisotopic (exact) mass is 478 g/mol. The predicted molar refractivity (Wildman–Crippen MR) is 132 cm³/mol. The molecule has 3 unspecified atom stereocenters. The predicted octanol–water partition coefficient (Wildman–Crippen LogP) is 4.35. The van der Waals surface area contributed by atoms with E-state index in [0.717, 1.165) is 16.7 Å². The van der Waals surface area contributed by atoms with Crippen molar-refractivity contribution in [2.24, 2.45) is 5.92 Å². The summed E-state index contributed by atoms with van der Waals surface area (Å²) in [5.41, 5.74) is 3.12. The van der Waals surface area contributed by atoms with Crippen molar-refractivity contribution >= 4 is 0 Å². The molecule has 0 amide bonds. The number of aliphatic hydroxyl groups excluding tert-OH is 1. The molecule has 3 aromatic rings. The highest BCUT2D eigenvalue weighted by Crippen LogP contribution is 2.28. The third-order valence-corrected chi connectivity index (χ3v) is 6.13. The summed E-state index contributed by atoms with van der Waals surface area (Å²) in [5, 5.41) is 11.5. The lowest BCUT2D eigenvalue weighted by Crippen LogP contribution is -2.48. The van der Waals surface area contributed by atoms with Gasteiger partial charge in [0.2, 0.25) is 0 Å². The molecule has 3 aromatic carbocycles. The number of ether oxygens (including phenoxy) is 5. The van der Waals surface area contributed by atoms with Crippen LogP contribution in [-0.2, 0) is 43.5 Å². The van der Waals surface area contributed by atoms with E-state index in [1.807, 2.05) is 91.0 Å². The van der Waals surface area contributed by atoms with Crippen LogP contribution in [-0.4, -0.2) is 50.0 Å². The van der Waals surface area contributed by atoms with Gasteiger partial charge in [-0.15, -0.1) is 0 Å². The normalized spacial score (nSPS) is 24.7. The lowest BCUT2D eigenvalue weighted by Gasteiger charge is -2.32. The molecule has 1 aliphatic rings. The Balaban J connectivity index is 1.47. The number of hydrogen-bond donors (Lipinski definition) is 1. The van der Waals surface area contributed by atoms with Gasteiger partial charge < -0.3 is 28.8 Å². The maximum Gasteiger partial charge on any atom is 0.186 e. The van der Waals surface area contributed by atoms with E-state index >= 15 is 0 Å². The zero-order chi connectivity index (χ0) is 24.3. The lowest BCUT2D eigenvalue weighted by atomic mass is 9.96. The highest BCUT2D eigenvalue weighted by molar-refractivity contribution is 5.15. The van der Waals surface area contributed by atoms with Crippen LogP contribution in [0.3, 0.4) is 0 Å². The fraction of sp³-hybridized carbons (Fsp3) is 0.379. The van der Waals surface area contributed by atoms with Crippen molar-refractivity contribution < 1.29 is 28.8 Å². The van der Waals surface area contributed by atoms with Crippen LogP contribution in [0.5, 0.6) is 0 Å². The van der Waals surface area contributed by atoms with Gasteiger partial charge in [0.25, 0.3) is 0 Å². The smallest absolute Gasteiger partial charge is 0.186 e. The summed E-state index contributed by atoms with van der Waals surface area (Å²) in [6.45, 7) is 1.84. The second-order valence-corrected chi connectivity index (χ2v) is 8.71. The Hall–Kier alpha value is -2.58. The number of hydrogen-bond acceptors (Lipinski definition) is 6. The summed E-state index contributed by atoms with van der Waals surface area (Å²) in [4.78, 5) is 0. The molecule has 0 aliphatic carbocycles. The minimum atomic E-state index is -0.972. The molecular formula is C29H34O6. The van der Waals surface area contributed by atoms with Crippen molar-refractivity contribution in [2.75, 3.05) is 20.3 Å². The maximum absolute atomic E-state index is 11.5. The van der Waals surface area contributed by atoms with Gasteiger partial charge in [-0.25, -0.2) is 0 Å². The first-order chi connectivity index (χ1) is 17.2. The Morgan fingerprint density at radius 3 is 1.71 bits per heavy atom. The minimum absolute atomic E-state index is 0.208. The van der Waals surface area contributed by atoms with Crippen molar-refractivity contribution in [2.45, 2.75) is 44.4 Å². The number of benzene rings is 3. The van der Waals surface area contributed by atoms with Crippen LogP contribution in [0.1, 0.15) is 16.7 Å². The van der Waals surface area contributed by atoms with E-state index in [-0.39, 0.29) is 5.92 Å². The van der Waals surface area contributed by atoms with Gasteiger partial charge >= 0.3 is 0 Å². The molecule has 1 N–H and O–H groups in total. The Morgan fingerprint density at radius 1 is 0.714 bits per heavy atom. The van der Waals surface area contributed by atoms with Crippen LogP contribution in [0, 0.1) is 5.92 Å². The third kappa shape index (κ3) is 7.45.